The lowest BCUT2D eigenvalue weighted by Gasteiger charge is -2.59. The van der Waals surface area contributed by atoms with Crippen molar-refractivity contribution in [1.82, 2.24) is 31.9 Å². The van der Waals surface area contributed by atoms with Crippen molar-refractivity contribution in [3.8, 4) is 0 Å². The first-order valence-corrected chi connectivity index (χ1v) is 25.1. The first-order valence-electron chi connectivity index (χ1n) is 25.1. The zero-order valence-corrected chi connectivity index (χ0v) is 49.3. The van der Waals surface area contributed by atoms with Gasteiger partial charge in [-0.15, -0.1) is 0 Å². The molecule has 27 heteroatoms. The lowest BCUT2D eigenvalue weighted by atomic mass is 9.64. The maximum atomic E-state index is 11.6. The Balaban J connectivity index is -0.000000458. The van der Waals surface area contributed by atoms with Gasteiger partial charge in [-0.05, 0) is 103 Å². The Morgan fingerprint density at radius 2 is 0.870 bits per heavy atom. The molecule has 0 bridgehead atoms. The molecule has 0 aromatic heterocycles. The third kappa shape index (κ3) is 17.8. The van der Waals surface area contributed by atoms with E-state index in [1.165, 1.54) is 76.3 Å². The molecule has 0 aromatic carbocycles. The maximum absolute atomic E-state index is 11.6. The number of nitrogens with one attached hydrogen (secondary N) is 6. The summed E-state index contributed by atoms with van der Waals surface area (Å²) < 4.78 is 11.1. The highest BCUT2D eigenvalue weighted by Crippen LogP contribution is 2.45. The monoisotopic (exact) mass is 1120 g/mol. The maximum Gasteiger partial charge on any atom is 0.222 e. The van der Waals surface area contributed by atoms with Gasteiger partial charge in [-0.3, -0.25) is 24.0 Å². The molecule has 2 aliphatic heterocycles. The van der Waals surface area contributed by atoms with Gasteiger partial charge in [0.15, 0.2) is 0 Å². The molecule has 0 radical (unpaired) electrons. The van der Waals surface area contributed by atoms with E-state index in [9.17, 15) is 75.0 Å². The average molecular weight is 1130 g/mol. The number of rotatable bonds is 19. The zero-order chi connectivity index (χ0) is 60.1. The van der Waals surface area contributed by atoms with E-state index in [4.69, 9.17) is 19.7 Å². The number of carbonyl (C=O) groups is 5. The van der Waals surface area contributed by atoms with Crippen LogP contribution in [-0.4, -0.2) is 241 Å². The van der Waals surface area contributed by atoms with Gasteiger partial charge in [0.25, 0.3) is 0 Å². The molecule has 77 heavy (non-hydrogen) atoms. The van der Waals surface area contributed by atoms with E-state index in [0.717, 1.165) is 0 Å². The highest BCUT2D eigenvalue weighted by Gasteiger charge is 2.66. The molecule has 0 aromatic rings. The number of ether oxygens (including phenoxy) is 2. The van der Waals surface area contributed by atoms with E-state index in [1.807, 2.05) is 0 Å². The smallest absolute Gasteiger partial charge is 0.222 e. The van der Waals surface area contributed by atoms with Gasteiger partial charge < -0.3 is 114 Å². The lowest BCUT2D eigenvalue weighted by Crippen LogP contribution is -2.81. The molecule has 5 amide bonds. The normalized spacial score (nSPS) is 33.3. The van der Waals surface area contributed by atoms with Crippen LogP contribution in [0.1, 0.15) is 137 Å². The molecule has 460 valence electrons. The summed E-state index contributed by atoms with van der Waals surface area (Å²) in [5.74, 6) is -3.00. The predicted octanol–water partition coefficient (Wildman–Crippen LogP) is -5.34. The molecule has 2 rings (SSSR count). The second-order valence-electron chi connectivity index (χ2n) is 22.2. The topological polar surface area (TPSA) is 482 Å². The SMILES string of the molecule is CC(=O)NC1(C)C(C)OC(CO)C(C)(O)C1(C)O.CC(=O)NC1(C)C(C)OC(CO)C(C)(O)C1(C)O.CNC(=O)CC(C)(NC(C)=O)C(C)(O)C(C)C(O)CO.CNCCC(C)(NC(C)=O)C(C)(O)C(C)C(O)CO.O.O. The number of carbonyl (C=O) groups excluding carboxylic acids is 5. The predicted molar refractivity (Wildman–Crippen MR) is 284 cm³/mol. The van der Waals surface area contributed by atoms with Crippen molar-refractivity contribution in [2.45, 2.75) is 230 Å². The van der Waals surface area contributed by atoms with Gasteiger partial charge in [0, 0.05) is 46.6 Å². The Labute approximate surface area is 454 Å². The third-order valence-electron chi connectivity index (χ3n) is 16.9. The molecule has 2 heterocycles. The molecule has 22 N–H and O–H groups in total. The van der Waals surface area contributed by atoms with Crippen molar-refractivity contribution in [3.05, 3.63) is 0 Å². The zero-order valence-electron chi connectivity index (χ0n) is 49.3. The van der Waals surface area contributed by atoms with Crippen LogP contribution in [0, 0.1) is 11.8 Å². The van der Waals surface area contributed by atoms with Crippen LogP contribution < -0.4 is 31.9 Å². The Bertz CT molecular complexity index is 1790. The van der Waals surface area contributed by atoms with Crippen LogP contribution in [0.25, 0.3) is 0 Å². The molecule has 18 unspecified atom stereocenters. The highest BCUT2D eigenvalue weighted by atomic mass is 16.5. The van der Waals surface area contributed by atoms with Crippen LogP contribution in [0.15, 0.2) is 0 Å². The molecule has 18 atom stereocenters. The largest absolute Gasteiger partial charge is 0.412 e. The average Bonchev–Trinajstić information content (AvgIpc) is 3.28. The van der Waals surface area contributed by atoms with E-state index in [1.54, 1.807) is 62.4 Å². The highest BCUT2D eigenvalue weighted by molar-refractivity contribution is 5.80. The summed E-state index contributed by atoms with van der Waals surface area (Å²) in [6, 6.07) is 0. The van der Waals surface area contributed by atoms with Crippen LogP contribution in [0.5, 0.6) is 0 Å². The second-order valence-corrected chi connectivity index (χ2v) is 22.2. The minimum Gasteiger partial charge on any atom is -0.412 e. The quantitative estimate of drug-likeness (QED) is 0.0574. The Morgan fingerprint density at radius 3 is 1.12 bits per heavy atom. The van der Waals surface area contributed by atoms with Crippen LogP contribution in [0.4, 0.5) is 0 Å². The number of hydrogen-bond acceptors (Lipinski definition) is 20. The Morgan fingerprint density at radius 1 is 0.571 bits per heavy atom. The van der Waals surface area contributed by atoms with Crippen molar-refractivity contribution in [1.29, 1.82) is 0 Å². The number of aliphatic hydroxyl groups excluding tert-OH is 6. The van der Waals surface area contributed by atoms with E-state index in [-0.39, 0.29) is 41.0 Å². The molecule has 27 nitrogen and oxygen atoms in total. The van der Waals surface area contributed by atoms with Crippen molar-refractivity contribution >= 4 is 29.5 Å². The minimum absolute atomic E-state index is 0. The van der Waals surface area contributed by atoms with Crippen molar-refractivity contribution in [2.24, 2.45) is 11.8 Å². The molecule has 0 spiro atoms. The standard InChI is InChI=1S/C13H26N2O5.C13H28N2O4.2C12H23NO5.2H2O/c1-8(10(18)7-16)13(4,20)12(3,15-9(2)17)6-11(19)14-5;1-9(11(18)8-16)13(4,19)12(3,6-7-14-5)15-10(2)17;2*1-7-10(3,13-8(2)15)12(5,17)11(4,16)9(6-14)18-7;;/h8,10,16,18,20H,6-7H2,1-5H3,(H,14,19)(H,15,17);9,11,14,16,18-19H,6-8H2,1-5H3,(H,15,17);2*7,9,14,16-17H,6H2,1-5H3,(H,13,15);2*1H2. The van der Waals surface area contributed by atoms with Gasteiger partial charge in [0.2, 0.25) is 29.5 Å². The summed E-state index contributed by atoms with van der Waals surface area (Å²) in [5, 5.41) is 136. The van der Waals surface area contributed by atoms with E-state index in [0.29, 0.717) is 13.0 Å². The Hall–Kier alpha value is -3.33. The molecule has 2 aliphatic rings. The van der Waals surface area contributed by atoms with Gasteiger partial charge in [-0.2, -0.15) is 0 Å². The van der Waals surface area contributed by atoms with Gasteiger partial charge in [0.05, 0.1) is 90.6 Å². The van der Waals surface area contributed by atoms with Gasteiger partial charge >= 0.3 is 0 Å². The molecule has 2 saturated heterocycles. The van der Waals surface area contributed by atoms with Crippen molar-refractivity contribution in [2.75, 3.05) is 47.1 Å². The molecular formula is C50H104N6O21. The van der Waals surface area contributed by atoms with Crippen molar-refractivity contribution < 1.29 is 106 Å². The summed E-state index contributed by atoms with van der Waals surface area (Å²) in [6.45, 7) is 25.9. The van der Waals surface area contributed by atoms with Crippen LogP contribution in [0.3, 0.4) is 0 Å². The molecule has 0 aliphatic carbocycles. The van der Waals surface area contributed by atoms with Gasteiger partial charge in [0.1, 0.15) is 34.6 Å². The van der Waals surface area contributed by atoms with E-state index in [2.05, 4.69) is 31.9 Å². The molecular weight excluding hydrogens is 1020 g/mol. The minimum atomic E-state index is -1.69. The van der Waals surface area contributed by atoms with E-state index < -0.39 is 137 Å². The number of aliphatic hydroxyl groups is 12. The van der Waals surface area contributed by atoms with Crippen LogP contribution in [0.2, 0.25) is 0 Å². The fourth-order valence-corrected chi connectivity index (χ4v) is 9.54. The number of amides is 5. The summed E-state index contributed by atoms with van der Waals surface area (Å²) in [7, 11) is 3.24. The van der Waals surface area contributed by atoms with Crippen LogP contribution >= 0.6 is 0 Å². The first-order chi connectivity index (χ1) is 33.6. The summed E-state index contributed by atoms with van der Waals surface area (Å²) in [4.78, 5) is 57.0. The summed E-state index contributed by atoms with van der Waals surface area (Å²) in [5.41, 5.74) is -14.2. The van der Waals surface area contributed by atoms with Gasteiger partial charge in [-0.25, -0.2) is 0 Å². The first kappa shape index (κ1) is 80.2. The Kier molecular flexibility index (Phi) is 31.7. The third-order valence-corrected chi connectivity index (χ3v) is 16.9. The second kappa shape index (κ2) is 30.5. The molecule has 0 saturated carbocycles. The summed E-state index contributed by atoms with van der Waals surface area (Å²) in [6.07, 6.45) is -4.81. The summed E-state index contributed by atoms with van der Waals surface area (Å²) >= 11 is 0. The molecule has 2 fully saturated rings. The van der Waals surface area contributed by atoms with E-state index >= 15 is 0 Å². The number of hydrogen-bond donors (Lipinski definition) is 18. The fraction of sp³-hybridized carbons (Fsp3) is 0.900. The van der Waals surface area contributed by atoms with Crippen molar-refractivity contribution in [3.63, 3.8) is 0 Å². The lowest BCUT2D eigenvalue weighted by molar-refractivity contribution is -0.300. The van der Waals surface area contributed by atoms with Crippen LogP contribution in [-0.2, 0) is 33.4 Å². The van der Waals surface area contributed by atoms with Gasteiger partial charge in [-0.1, -0.05) is 13.8 Å². The fourth-order valence-electron chi connectivity index (χ4n) is 9.54.